The molecule has 23 heavy (non-hydrogen) atoms. The second-order valence-corrected chi connectivity index (χ2v) is 8.40. The topological polar surface area (TPSA) is 69.4 Å². The molecule has 1 aliphatic heterocycles. The zero-order chi connectivity index (χ0) is 15.9. The molecule has 0 saturated heterocycles. The van der Waals surface area contributed by atoms with Crippen LogP contribution in [0.25, 0.3) is 0 Å². The summed E-state index contributed by atoms with van der Waals surface area (Å²) < 4.78 is 35.9. The minimum atomic E-state index is -3.30. The van der Waals surface area contributed by atoms with Crippen LogP contribution >= 0.6 is 0 Å². The van der Waals surface area contributed by atoms with Gasteiger partial charge in [-0.05, 0) is 29.9 Å². The second-order valence-electron chi connectivity index (χ2n) is 6.34. The van der Waals surface area contributed by atoms with E-state index in [1.165, 1.54) is 5.56 Å². The van der Waals surface area contributed by atoms with E-state index in [2.05, 4.69) is 5.16 Å². The predicted molar refractivity (Wildman–Crippen MR) is 84.6 cm³/mol. The van der Waals surface area contributed by atoms with Gasteiger partial charge in [0.1, 0.15) is 11.5 Å². The van der Waals surface area contributed by atoms with Crippen molar-refractivity contribution in [1.82, 2.24) is 5.16 Å². The highest BCUT2D eigenvalue weighted by Gasteiger charge is 2.28. The van der Waals surface area contributed by atoms with E-state index in [1.807, 2.05) is 24.3 Å². The Morgan fingerprint density at radius 1 is 1.17 bits per heavy atom. The Labute approximate surface area is 135 Å². The summed E-state index contributed by atoms with van der Waals surface area (Å²) in [6.07, 6.45) is 2.98. The average molecular weight is 333 g/mol. The van der Waals surface area contributed by atoms with Gasteiger partial charge in [-0.25, -0.2) is 8.42 Å². The van der Waals surface area contributed by atoms with Crippen LogP contribution in [-0.4, -0.2) is 20.2 Å². The smallest absolute Gasteiger partial charge is 0.160 e. The van der Waals surface area contributed by atoms with E-state index in [0.717, 1.165) is 29.7 Å². The zero-order valence-corrected chi connectivity index (χ0v) is 13.6. The molecule has 0 radical (unpaired) electrons. The SMILES string of the molecule is O=S(=O)(Cc1ccccc1C1CC1)Cc1noc2c1COCC2. The van der Waals surface area contributed by atoms with E-state index in [4.69, 9.17) is 9.26 Å². The number of aromatic nitrogens is 1. The molecular weight excluding hydrogens is 314 g/mol. The minimum Gasteiger partial charge on any atom is -0.376 e. The molecule has 0 spiro atoms. The summed E-state index contributed by atoms with van der Waals surface area (Å²) >= 11 is 0. The summed E-state index contributed by atoms with van der Waals surface area (Å²) in [5.41, 5.74) is 3.42. The minimum absolute atomic E-state index is 0.0577. The molecule has 1 fully saturated rings. The normalized spacial score (nSPS) is 17.9. The molecule has 1 aromatic carbocycles. The lowest BCUT2D eigenvalue weighted by molar-refractivity contribution is 0.102. The molecule has 2 aliphatic rings. The van der Waals surface area contributed by atoms with Crippen LogP contribution in [-0.2, 0) is 39.1 Å². The Morgan fingerprint density at radius 3 is 2.83 bits per heavy atom. The van der Waals surface area contributed by atoms with Crippen molar-refractivity contribution in [3.8, 4) is 0 Å². The number of rotatable bonds is 5. The predicted octanol–water partition coefficient (Wildman–Crippen LogP) is 2.74. The molecule has 0 unspecified atom stereocenters. The summed E-state index contributed by atoms with van der Waals surface area (Å²) in [5.74, 6) is 1.27. The van der Waals surface area contributed by atoms with Crippen molar-refractivity contribution in [2.75, 3.05) is 6.61 Å². The van der Waals surface area contributed by atoms with Crippen molar-refractivity contribution < 1.29 is 17.7 Å². The van der Waals surface area contributed by atoms with Gasteiger partial charge < -0.3 is 9.26 Å². The van der Waals surface area contributed by atoms with Crippen LogP contribution in [0.15, 0.2) is 28.8 Å². The molecule has 0 amide bonds. The van der Waals surface area contributed by atoms with Crippen LogP contribution < -0.4 is 0 Å². The molecule has 122 valence electrons. The third-order valence-corrected chi connectivity index (χ3v) is 5.94. The fraction of sp³-hybridized carbons (Fsp3) is 0.471. The lowest BCUT2D eigenvalue weighted by Gasteiger charge is -2.11. The van der Waals surface area contributed by atoms with E-state index in [1.54, 1.807) is 0 Å². The van der Waals surface area contributed by atoms with E-state index in [9.17, 15) is 8.42 Å². The Kier molecular flexibility index (Phi) is 3.73. The highest BCUT2D eigenvalue weighted by atomic mass is 32.2. The molecular formula is C17H19NO4S. The highest BCUT2D eigenvalue weighted by Crippen LogP contribution is 2.42. The Hall–Kier alpha value is -1.66. The number of benzene rings is 1. The monoisotopic (exact) mass is 333 g/mol. The van der Waals surface area contributed by atoms with Crippen LogP contribution in [0.1, 0.15) is 46.9 Å². The van der Waals surface area contributed by atoms with Gasteiger partial charge >= 0.3 is 0 Å². The molecule has 0 bridgehead atoms. The van der Waals surface area contributed by atoms with E-state index in [-0.39, 0.29) is 11.5 Å². The maximum Gasteiger partial charge on any atom is 0.160 e. The fourth-order valence-corrected chi connectivity index (χ4v) is 4.63. The van der Waals surface area contributed by atoms with Gasteiger partial charge in [-0.2, -0.15) is 0 Å². The second kappa shape index (κ2) is 5.76. The third kappa shape index (κ3) is 3.19. The number of sulfone groups is 1. The van der Waals surface area contributed by atoms with Crippen molar-refractivity contribution in [2.24, 2.45) is 0 Å². The lowest BCUT2D eigenvalue weighted by atomic mass is 10.1. The molecule has 2 aromatic rings. The van der Waals surface area contributed by atoms with Gasteiger partial charge in [0.05, 0.1) is 24.7 Å². The first kappa shape index (κ1) is 14.9. The maximum atomic E-state index is 12.6. The highest BCUT2D eigenvalue weighted by molar-refractivity contribution is 7.89. The Balaban J connectivity index is 1.56. The third-order valence-electron chi connectivity index (χ3n) is 4.48. The van der Waals surface area contributed by atoms with Crippen molar-refractivity contribution in [3.05, 3.63) is 52.4 Å². The summed E-state index contributed by atoms with van der Waals surface area (Å²) in [6.45, 7) is 0.992. The summed E-state index contributed by atoms with van der Waals surface area (Å²) in [5, 5.41) is 3.96. The van der Waals surface area contributed by atoms with Gasteiger partial charge in [-0.3, -0.25) is 0 Å². The van der Waals surface area contributed by atoms with Crippen LogP contribution in [0.4, 0.5) is 0 Å². The standard InChI is InChI=1S/C17H19NO4S/c19-23(20,10-13-3-1-2-4-14(13)12-5-6-12)11-16-15-9-21-8-7-17(15)22-18-16/h1-4,12H,5-11H2. The van der Waals surface area contributed by atoms with Gasteiger partial charge in [0.25, 0.3) is 0 Å². The van der Waals surface area contributed by atoms with Gasteiger partial charge in [0, 0.05) is 12.0 Å². The number of hydrogen-bond donors (Lipinski definition) is 0. The number of nitrogens with zero attached hydrogens (tertiary/aromatic N) is 1. The summed E-state index contributed by atoms with van der Waals surface area (Å²) in [6, 6.07) is 7.86. The number of hydrogen-bond acceptors (Lipinski definition) is 5. The van der Waals surface area contributed by atoms with Gasteiger partial charge in [-0.1, -0.05) is 29.4 Å². The van der Waals surface area contributed by atoms with E-state index in [0.29, 0.717) is 31.2 Å². The number of ether oxygens (including phenoxy) is 1. The fourth-order valence-electron chi connectivity index (χ4n) is 3.15. The van der Waals surface area contributed by atoms with Crippen LogP contribution in [0.5, 0.6) is 0 Å². The molecule has 6 heteroatoms. The van der Waals surface area contributed by atoms with Gasteiger partial charge in [0.2, 0.25) is 0 Å². The van der Waals surface area contributed by atoms with E-state index < -0.39 is 9.84 Å². The number of fused-ring (bicyclic) bond motifs is 1. The average Bonchev–Trinajstić information content (AvgIpc) is 3.30. The van der Waals surface area contributed by atoms with Crippen LogP contribution in [0, 0.1) is 0 Å². The first-order valence-corrected chi connectivity index (χ1v) is 9.77. The van der Waals surface area contributed by atoms with Crippen molar-refractivity contribution in [3.63, 3.8) is 0 Å². The quantitative estimate of drug-likeness (QED) is 0.841. The van der Waals surface area contributed by atoms with Gasteiger partial charge in [0.15, 0.2) is 9.84 Å². The first-order chi connectivity index (χ1) is 11.1. The molecule has 5 nitrogen and oxygen atoms in total. The molecule has 1 aromatic heterocycles. The largest absolute Gasteiger partial charge is 0.376 e. The molecule has 0 N–H and O–H groups in total. The van der Waals surface area contributed by atoms with Crippen LogP contribution in [0.3, 0.4) is 0 Å². The van der Waals surface area contributed by atoms with E-state index >= 15 is 0 Å². The summed E-state index contributed by atoms with van der Waals surface area (Å²) in [7, 11) is -3.30. The Morgan fingerprint density at radius 2 is 2.00 bits per heavy atom. The maximum absolute atomic E-state index is 12.6. The van der Waals surface area contributed by atoms with Gasteiger partial charge in [-0.15, -0.1) is 0 Å². The first-order valence-electron chi connectivity index (χ1n) is 7.95. The van der Waals surface area contributed by atoms with Crippen LogP contribution in [0.2, 0.25) is 0 Å². The van der Waals surface area contributed by atoms with Crippen molar-refractivity contribution >= 4 is 9.84 Å². The molecule has 1 aliphatic carbocycles. The summed E-state index contributed by atoms with van der Waals surface area (Å²) in [4.78, 5) is 0. The molecule has 0 atom stereocenters. The molecule has 4 rings (SSSR count). The molecule has 2 heterocycles. The zero-order valence-electron chi connectivity index (χ0n) is 12.8. The lowest BCUT2D eigenvalue weighted by Crippen LogP contribution is -2.13. The molecule has 1 saturated carbocycles. The van der Waals surface area contributed by atoms with Crippen molar-refractivity contribution in [1.29, 1.82) is 0 Å². The Bertz CT molecular complexity index is 821. The van der Waals surface area contributed by atoms with Crippen molar-refractivity contribution in [2.45, 2.75) is 43.3 Å².